The van der Waals surface area contributed by atoms with E-state index in [0.29, 0.717) is 22.7 Å². The number of carbonyl (C=O) groups is 2. The second-order valence-electron chi connectivity index (χ2n) is 9.48. The van der Waals surface area contributed by atoms with Crippen LogP contribution < -0.4 is 10.6 Å². The number of aromatic nitrogens is 2. The summed E-state index contributed by atoms with van der Waals surface area (Å²) in [5.41, 5.74) is -0.0499. The number of alkyl halides is 5. The molecule has 13 heteroatoms. The minimum absolute atomic E-state index is 0.0465. The van der Waals surface area contributed by atoms with Gasteiger partial charge in [0, 0.05) is 35.4 Å². The Hall–Kier alpha value is -2.83. The quantitative estimate of drug-likeness (QED) is 0.291. The number of hydrogen-bond donors (Lipinski definition) is 2. The van der Waals surface area contributed by atoms with Crippen LogP contribution in [0.2, 0.25) is 0 Å². The molecule has 39 heavy (non-hydrogen) atoms. The molecule has 2 saturated heterocycles. The van der Waals surface area contributed by atoms with Gasteiger partial charge in [-0.3, -0.25) is 9.59 Å². The lowest BCUT2D eigenvalue weighted by molar-refractivity contribution is -0.119. The maximum absolute atomic E-state index is 13.5. The smallest absolute Gasteiger partial charge is 0.361 e. The van der Waals surface area contributed by atoms with Crippen molar-refractivity contribution in [3.8, 4) is 10.4 Å². The largest absolute Gasteiger partial charge is 0.405 e. The third-order valence-electron chi connectivity index (χ3n) is 6.95. The molecule has 1 saturated carbocycles. The van der Waals surface area contributed by atoms with Crippen LogP contribution in [0.1, 0.15) is 86.3 Å². The molecule has 2 aliphatic heterocycles. The van der Waals surface area contributed by atoms with E-state index < -0.39 is 24.7 Å². The maximum atomic E-state index is 13.5. The Morgan fingerprint density at radius 3 is 2.23 bits per heavy atom. The number of fused-ring (bicyclic) bond motifs is 2. The molecular weight excluding hydrogens is 541 g/mol. The minimum atomic E-state index is -4.50. The molecule has 0 aromatic carbocycles. The van der Waals surface area contributed by atoms with Gasteiger partial charge in [0.1, 0.15) is 12.4 Å². The summed E-state index contributed by atoms with van der Waals surface area (Å²) >= 11 is 0.955. The first-order valence-corrected chi connectivity index (χ1v) is 14.0. The summed E-state index contributed by atoms with van der Waals surface area (Å²) in [5, 5.41) is 4.97. The van der Waals surface area contributed by atoms with Gasteiger partial charge in [0.2, 0.25) is 6.41 Å². The van der Waals surface area contributed by atoms with Crippen LogP contribution in [0.4, 0.5) is 27.8 Å². The van der Waals surface area contributed by atoms with E-state index in [9.17, 15) is 31.5 Å². The minimum Gasteiger partial charge on any atom is -0.361 e. The first-order chi connectivity index (χ1) is 18.6. The van der Waals surface area contributed by atoms with Crippen molar-refractivity contribution in [3.05, 3.63) is 28.5 Å². The highest BCUT2D eigenvalue weighted by Gasteiger charge is 2.38. The second kappa shape index (κ2) is 13.5. The van der Waals surface area contributed by atoms with Crippen molar-refractivity contribution < 1.29 is 31.5 Å². The Morgan fingerprint density at radius 1 is 1.15 bits per heavy atom. The van der Waals surface area contributed by atoms with Gasteiger partial charge < -0.3 is 15.5 Å². The zero-order valence-electron chi connectivity index (χ0n) is 22.2. The first kappa shape index (κ1) is 30.7. The summed E-state index contributed by atoms with van der Waals surface area (Å²) in [7, 11) is 0. The lowest BCUT2D eigenvalue weighted by Gasteiger charge is -2.25. The van der Waals surface area contributed by atoms with Gasteiger partial charge in [0.25, 0.3) is 12.3 Å². The molecule has 0 unspecified atom stereocenters. The Kier molecular flexibility index (Phi) is 10.6. The molecule has 7 nitrogen and oxygen atoms in total. The number of rotatable bonds is 7. The van der Waals surface area contributed by atoms with Crippen molar-refractivity contribution in [2.75, 3.05) is 11.9 Å². The summed E-state index contributed by atoms with van der Waals surface area (Å²) in [4.78, 5) is 32.9. The number of thiazole rings is 1. The fourth-order valence-corrected chi connectivity index (χ4v) is 5.80. The van der Waals surface area contributed by atoms with Crippen molar-refractivity contribution in [2.45, 2.75) is 96.4 Å². The van der Waals surface area contributed by atoms with Crippen molar-refractivity contribution in [1.82, 2.24) is 20.2 Å². The average Bonchev–Trinajstić information content (AvgIpc) is 3.59. The van der Waals surface area contributed by atoms with E-state index >= 15 is 0 Å². The molecule has 1 aliphatic carbocycles. The van der Waals surface area contributed by atoms with Crippen LogP contribution in [-0.4, -0.2) is 58.0 Å². The third kappa shape index (κ3) is 7.86. The van der Waals surface area contributed by atoms with Gasteiger partial charge in [0.15, 0.2) is 5.01 Å². The van der Waals surface area contributed by atoms with Crippen molar-refractivity contribution in [1.29, 1.82) is 0 Å². The average molecular weight is 576 g/mol. The number of amides is 2. The Morgan fingerprint density at radius 2 is 1.77 bits per heavy atom. The number of nitrogens with one attached hydrogen (secondary N) is 2. The normalized spacial score (nSPS) is 20.0. The molecule has 4 heterocycles. The fraction of sp³-hybridized carbons (Fsp3) is 0.615. The van der Waals surface area contributed by atoms with E-state index in [1.807, 2.05) is 24.1 Å². The van der Waals surface area contributed by atoms with Crippen LogP contribution in [0.5, 0.6) is 0 Å². The standard InChI is InChI=1S/C17H17F5N4OS.C7H11NO.C2H6/c1-8-13(28-16(25-8)15(27)26-9-3-2-4-9)11-6-23-12(5-10(11)14(18)19)24-7-17(20,21)22;9-5-8-6-1-2-7(8)4-3-6;1-2/h5-6,9,14H,2-4,7H2,1H3,(H,23,24)(H,26,27);5-7H,1-4H2;1-2H3. The van der Waals surface area contributed by atoms with Crippen LogP contribution in [0.25, 0.3) is 10.4 Å². The van der Waals surface area contributed by atoms with E-state index in [1.165, 1.54) is 25.7 Å². The molecule has 0 radical (unpaired) electrons. The van der Waals surface area contributed by atoms with Gasteiger partial charge >= 0.3 is 6.18 Å². The van der Waals surface area contributed by atoms with Gasteiger partial charge in [-0.15, -0.1) is 11.3 Å². The molecule has 0 spiro atoms. The lowest BCUT2D eigenvalue weighted by Crippen LogP contribution is -2.39. The number of anilines is 1. The van der Waals surface area contributed by atoms with Gasteiger partial charge in [-0.25, -0.2) is 18.7 Å². The van der Waals surface area contributed by atoms with Crippen LogP contribution in [-0.2, 0) is 4.79 Å². The number of pyridine rings is 1. The molecular formula is C26H34F5N5O2S. The molecule has 2 aromatic heterocycles. The Bertz CT molecular complexity index is 1100. The molecule has 216 valence electrons. The monoisotopic (exact) mass is 575 g/mol. The lowest BCUT2D eigenvalue weighted by atomic mass is 9.93. The van der Waals surface area contributed by atoms with Gasteiger partial charge in [0.05, 0.1) is 10.6 Å². The summed E-state index contributed by atoms with van der Waals surface area (Å²) in [5.74, 6) is -0.666. The van der Waals surface area contributed by atoms with Gasteiger partial charge in [-0.1, -0.05) is 13.8 Å². The number of hydrogen-bond acceptors (Lipinski definition) is 6. The van der Waals surface area contributed by atoms with Crippen LogP contribution >= 0.6 is 11.3 Å². The predicted octanol–water partition coefficient (Wildman–Crippen LogP) is 6.50. The van der Waals surface area contributed by atoms with E-state index in [2.05, 4.69) is 15.3 Å². The topological polar surface area (TPSA) is 87.2 Å². The SMILES string of the molecule is CC.Cc1nc(C(=O)NC2CCC2)sc1-c1cnc(NCC(F)(F)F)cc1C(F)F.O=CN1C2CCC1CC2. The van der Waals surface area contributed by atoms with E-state index in [0.717, 1.165) is 49.3 Å². The van der Waals surface area contributed by atoms with E-state index in [4.69, 9.17) is 0 Å². The van der Waals surface area contributed by atoms with Crippen LogP contribution in [0, 0.1) is 6.92 Å². The third-order valence-corrected chi connectivity index (χ3v) is 8.14. The number of halogens is 5. The molecule has 3 fully saturated rings. The fourth-order valence-electron chi connectivity index (χ4n) is 4.80. The zero-order valence-corrected chi connectivity index (χ0v) is 23.0. The Balaban J connectivity index is 0.000000316. The van der Waals surface area contributed by atoms with Crippen molar-refractivity contribution in [2.24, 2.45) is 0 Å². The zero-order chi connectivity index (χ0) is 28.7. The highest BCUT2D eigenvalue weighted by molar-refractivity contribution is 7.17. The highest BCUT2D eigenvalue weighted by atomic mass is 32.1. The van der Waals surface area contributed by atoms with Crippen LogP contribution in [0.15, 0.2) is 12.3 Å². The number of carbonyl (C=O) groups excluding carboxylic acids is 2. The summed E-state index contributed by atoms with van der Waals surface area (Å²) in [6.07, 6.45) is 2.53. The predicted molar refractivity (Wildman–Crippen MR) is 140 cm³/mol. The second-order valence-corrected chi connectivity index (χ2v) is 10.5. The number of nitrogens with zero attached hydrogens (tertiary/aromatic N) is 3. The molecule has 2 bridgehead atoms. The molecule has 5 rings (SSSR count). The molecule has 2 amide bonds. The van der Waals surface area contributed by atoms with Crippen molar-refractivity contribution in [3.63, 3.8) is 0 Å². The van der Waals surface area contributed by atoms with E-state index in [-0.39, 0.29) is 28.3 Å². The molecule has 3 aliphatic rings. The van der Waals surface area contributed by atoms with Crippen LogP contribution in [0.3, 0.4) is 0 Å². The summed E-state index contributed by atoms with van der Waals surface area (Å²) in [6, 6.07) is 2.23. The maximum Gasteiger partial charge on any atom is 0.405 e. The van der Waals surface area contributed by atoms with Crippen molar-refractivity contribution >= 4 is 29.5 Å². The molecule has 2 N–H and O–H groups in total. The van der Waals surface area contributed by atoms with Gasteiger partial charge in [-0.05, 0) is 57.9 Å². The van der Waals surface area contributed by atoms with E-state index in [1.54, 1.807) is 6.92 Å². The summed E-state index contributed by atoms with van der Waals surface area (Å²) in [6.45, 7) is 4.20. The molecule has 2 aromatic rings. The summed E-state index contributed by atoms with van der Waals surface area (Å²) < 4.78 is 64.0. The molecule has 0 atom stereocenters. The van der Waals surface area contributed by atoms with Gasteiger partial charge in [-0.2, -0.15) is 13.2 Å². The highest BCUT2D eigenvalue weighted by Crippen LogP contribution is 2.38. The Labute approximate surface area is 228 Å². The number of aryl methyl sites for hydroxylation is 1. The first-order valence-electron chi connectivity index (χ1n) is 13.2.